The molecule has 1 aromatic rings. The van der Waals surface area contributed by atoms with Gasteiger partial charge in [0.25, 0.3) is 0 Å². The van der Waals surface area contributed by atoms with Gasteiger partial charge in [-0.15, -0.1) is 0 Å². The molecule has 0 saturated carbocycles. The molecule has 2 nitrogen and oxygen atoms in total. The quantitative estimate of drug-likeness (QED) is 0.566. The van der Waals surface area contributed by atoms with Crippen molar-refractivity contribution in [2.75, 3.05) is 0 Å². The highest BCUT2D eigenvalue weighted by Gasteiger charge is 2.01. The van der Waals surface area contributed by atoms with Gasteiger partial charge in [0.2, 0.25) is 0 Å². The van der Waals surface area contributed by atoms with Crippen LogP contribution in [0.4, 0.5) is 0 Å². The molecule has 1 radical (unpaired) electrons. The summed E-state index contributed by atoms with van der Waals surface area (Å²) >= 11 is 0. The summed E-state index contributed by atoms with van der Waals surface area (Å²) in [5.74, 6) is 0.814. The summed E-state index contributed by atoms with van der Waals surface area (Å²) in [6.07, 6.45) is 7.29. The smallest absolute Gasteiger partial charge is 0.161 e. The number of rotatable bonds is 0. The zero-order valence-corrected chi connectivity index (χ0v) is 6.53. The van der Waals surface area contributed by atoms with Crippen LogP contribution in [0.25, 0.3) is 0 Å². The van der Waals surface area contributed by atoms with Crippen LogP contribution in [0.5, 0.6) is 5.75 Å². The largest absolute Gasteiger partial charge is 0.356 e. The van der Waals surface area contributed by atoms with Gasteiger partial charge >= 0.3 is 0 Å². The SMILES string of the molecule is [C]1=N\Oc2ccccc2C\C=C/1. The Bertz CT molecular complexity index is 295. The van der Waals surface area contributed by atoms with Crippen molar-refractivity contribution in [3.05, 3.63) is 42.0 Å². The molecule has 0 atom stereocenters. The minimum atomic E-state index is 0.814. The molecule has 0 fully saturated rings. The van der Waals surface area contributed by atoms with Crippen molar-refractivity contribution in [2.24, 2.45) is 5.16 Å². The Morgan fingerprint density at radius 3 is 3.25 bits per heavy atom. The summed E-state index contributed by atoms with van der Waals surface area (Å²) in [6.45, 7) is 0. The van der Waals surface area contributed by atoms with Crippen molar-refractivity contribution in [1.82, 2.24) is 0 Å². The monoisotopic (exact) mass is 158 g/mol. The van der Waals surface area contributed by atoms with Crippen LogP contribution in [-0.4, -0.2) is 6.21 Å². The van der Waals surface area contributed by atoms with Gasteiger partial charge in [-0.3, -0.25) is 0 Å². The maximum atomic E-state index is 5.09. The van der Waals surface area contributed by atoms with E-state index in [2.05, 4.69) is 11.4 Å². The van der Waals surface area contributed by atoms with Crippen LogP contribution in [0, 0.1) is 0 Å². The summed E-state index contributed by atoms with van der Waals surface area (Å²) in [7, 11) is 0. The highest BCUT2D eigenvalue weighted by Crippen LogP contribution is 2.19. The number of allylic oxidation sites excluding steroid dienone is 2. The predicted molar refractivity (Wildman–Crippen MR) is 47.3 cm³/mol. The van der Waals surface area contributed by atoms with Gasteiger partial charge in [-0.25, -0.2) is 0 Å². The fourth-order valence-corrected chi connectivity index (χ4v) is 1.11. The highest BCUT2D eigenvalue weighted by atomic mass is 16.6. The van der Waals surface area contributed by atoms with E-state index < -0.39 is 0 Å². The van der Waals surface area contributed by atoms with Crippen molar-refractivity contribution in [2.45, 2.75) is 6.42 Å². The van der Waals surface area contributed by atoms with E-state index in [4.69, 9.17) is 4.84 Å². The second-order valence-corrected chi connectivity index (χ2v) is 2.53. The molecule has 1 heterocycles. The molecule has 0 N–H and O–H groups in total. The Kier molecular flexibility index (Phi) is 1.90. The number of fused-ring (bicyclic) bond motifs is 1. The molecule has 12 heavy (non-hydrogen) atoms. The van der Waals surface area contributed by atoms with Gasteiger partial charge in [-0.1, -0.05) is 29.4 Å². The molecule has 0 aromatic heterocycles. The van der Waals surface area contributed by atoms with E-state index in [-0.39, 0.29) is 0 Å². The van der Waals surface area contributed by atoms with Crippen molar-refractivity contribution >= 4 is 6.21 Å². The van der Waals surface area contributed by atoms with Gasteiger partial charge in [-0.05, 0) is 18.6 Å². The topological polar surface area (TPSA) is 21.6 Å². The van der Waals surface area contributed by atoms with Gasteiger partial charge in [-0.2, -0.15) is 0 Å². The molecule has 0 saturated heterocycles. The van der Waals surface area contributed by atoms with Gasteiger partial charge in [0, 0.05) is 5.56 Å². The Morgan fingerprint density at radius 1 is 1.33 bits per heavy atom. The maximum Gasteiger partial charge on any atom is 0.161 e. The first-order valence-electron chi connectivity index (χ1n) is 3.82. The fourth-order valence-electron chi connectivity index (χ4n) is 1.11. The minimum absolute atomic E-state index is 0.814. The van der Waals surface area contributed by atoms with Crippen LogP contribution in [0.1, 0.15) is 5.56 Å². The second kappa shape index (κ2) is 3.22. The Hall–Kier alpha value is -1.57. The first kappa shape index (κ1) is 7.10. The summed E-state index contributed by atoms with van der Waals surface area (Å²) in [4.78, 5) is 5.09. The number of hydrogen-bond donors (Lipinski definition) is 0. The zero-order chi connectivity index (χ0) is 8.23. The standard InChI is InChI=1S/C10H8NO/c1-2-7-10-9(5-1)6-3-4-8-11-12-10/h1-5,7H,6H2/b4-3-,11-8?. The molecular weight excluding hydrogens is 150 g/mol. The van der Waals surface area contributed by atoms with Crippen molar-refractivity contribution in [3.8, 4) is 5.75 Å². The van der Waals surface area contributed by atoms with Crippen LogP contribution >= 0.6 is 0 Å². The average molecular weight is 158 g/mol. The van der Waals surface area contributed by atoms with E-state index in [0.29, 0.717) is 0 Å². The van der Waals surface area contributed by atoms with Crippen LogP contribution < -0.4 is 4.84 Å². The zero-order valence-electron chi connectivity index (χ0n) is 6.53. The molecule has 1 aromatic carbocycles. The van der Waals surface area contributed by atoms with E-state index in [9.17, 15) is 0 Å². The molecule has 0 spiro atoms. The first-order valence-corrected chi connectivity index (χ1v) is 3.82. The van der Waals surface area contributed by atoms with Gasteiger partial charge in [0.1, 0.15) is 6.21 Å². The third-order valence-corrected chi connectivity index (χ3v) is 1.70. The van der Waals surface area contributed by atoms with Crippen LogP contribution in [0.15, 0.2) is 41.6 Å². The fraction of sp³-hybridized carbons (Fsp3) is 0.100. The Balaban J connectivity index is 2.40. The van der Waals surface area contributed by atoms with Crippen LogP contribution in [0.2, 0.25) is 0 Å². The van der Waals surface area contributed by atoms with E-state index in [1.54, 1.807) is 6.08 Å². The number of para-hydroxylation sites is 1. The summed E-state index contributed by atoms with van der Waals surface area (Å²) in [5.41, 5.74) is 1.15. The predicted octanol–water partition coefficient (Wildman–Crippen LogP) is 2.04. The summed E-state index contributed by atoms with van der Waals surface area (Å²) in [6, 6.07) is 7.85. The van der Waals surface area contributed by atoms with Crippen molar-refractivity contribution in [1.29, 1.82) is 0 Å². The molecule has 0 unspecified atom stereocenters. The highest BCUT2D eigenvalue weighted by molar-refractivity contribution is 5.70. The van der Waals surface area contributed by atoms with Crippen molar-refractivity contribution in [3.63, 3.8) is 0 Å². The van der Waals surface area contributed by atoms with Crippen molar-refractivity contribution < 1.29 is 4.84 Å². The lowest BCUT2D eigenvalue weighted by Crippen LogP contribution is -1.92. The average Bonchev–Trinajstić information content (AvgIpc) is 2.06. The van der Waals surface area contributed by atoms with Crippen LogP contribution in [-0.2, 0) is 6.42 Å². The molecule has 1 aliphatic heterocycles. The summed E-state index contributed by atoms with van der Waals surface area (Å²) < 4.78 is 0. The summed E-state index contributed by atoms with van der Waals surface area (Å²) in [5, 5.41) is 3.64. The van der Waals surface area contributed by atoms with Gasteiger partial charge < -0.3 is 4.84 Å². The first-order chi connectivity index (χ1) is 5.97. The molecule has 2 rings (SSSR count). The minimum Gasteiger partial charge on any atom is -0.356 e. The molecule has 0 bridgehead atoms. The Morgan fingerprint density at radius 2 is 2.25 bits per heavy atom. The molecule has 0 aliphatic carbocycles. The van der Waals surface area contributed by atoms with E-state index in [0.717, 1.165) is 17.7 Å². The number of benzene rings is 1. The Labute approximate surface area is 71.2 Å². The normalized spacial score (nSPS) is 19.7. The van der Waals surface area contributed by atoms with Gasteiger partial charge in [0.05, 0.1) is 0 Å². The molecule has 59 valence electrons. The van der Waals surface area contributed by atoms with E-state index in [1.165, 1.54) is 0 Å². The lowest BCUT2D eigenvalue weighted by molar-refractivity contribution is 0.340. The van der Waals surface area contributed by atoms with E-state index >= 15 is 0 Å². The molecular formula is C10H8NO. The molecule has 1 aliphatic rings. The van der Waals surface area contributed by atoms with E-state index in [1.807, 2.05) is 30.3 Å². The lowest BCUT2D eigenvalue weighted by Gasteiger charge is -2.04. The number of nitrogens with zero attached hydrogens (tertiary/aromatic N) is 1. The number of hydrogen-bond acceptors (Lipinski definition) is 2. The molecule has 2 heteroatoms. The lowest BCUT2D eigenvalue weighted by atomic mass is 10.1. The van der Waals surface area contributed by atoms with Crippen LogP contribution in [0.3, 0.4) is 0 Å². The second-order valence-electron chi connectivity index (χ2n) is 2.53. The third-order valence-electron chi connectivity index (χ3n) is 1.70. The third kappa shape index (κ3) is 1.37. The maximum absolute atomic E-state index is 5.09. The molecule has 0 amide bonds. The van der Waals surface area contributed by atoms with Gasteiger partial charge in [0.15, 0.2) is 5.75 Å².